The molecule has 0 spiro atoms. The lowest BCUT2D eigenvalue weighted by molar-refractivity contribution is -0.121. The highest BCUT2D eigenvalue weighted by molar-refractivity contribution is 5.96. The van der Waals surface area contributed by atoms with Gasteiger partial charge in [-0.3, -0.25) is 20.4 Å². The van der Waals surface area contributed by atoms with Crippen molar-refractivity contribution in [3.63, 3.8) is 0 Å². The number of halogens is 1. The van der Waals surface area contributed by atoms with Crippen molar-refractivity contribution in [2.24, 2.45) is 0 Å². The number of amides is 2. The van der Waals surface area contributed by atoms with E-state index in [1.165, 1.54) is 25.3 Å². The standard InChI is InChI=1S/C23H21FN2O4/c1-29-21-13-18(11-12-20(21)30-15-16-7-3-2-4-8-16)23(28)26-25-22(27)14-17-9-5-6-10-19(17)24/h2-13H,14-15H2,1H3,(H,25,27)(H,26,28). The Bertz CT molecular complexity index is 1020. The van der Waals surface area contributed by atoms with Crippen LogP contribution in [-0.2, 0) is 17.8 Å². The summed E-state index contributed by atoms with van der Waals surface area (Å²) in [7, 11) is 1.47. The van der Waals surface area contributed by atoms with Crippen LogP contribution in [0.5, 0.6) is 11.5 Å². The predicted molar refractivity (Wildman–Crippen MR) is 109 cm³/mol. The largest absolute Gasteiger partial charge is 0.493 e. The van der Waals surface area contributed by atoms with E-state index in [0.29, 0.717) is 18.1 Å². The zero-order valence-corrected chi connectivity index (χ0v) is 16.4. The van der Waals surface area contributed by atoms with E-state index in [1.807, 2.05) is 30.3 Å². The van der Waals surface area contributed by atoms with E-state index in [9.17, 15) is 14.0 Å². The molecule has 0 unspecified atom stereocenters. The molecular weight excluding hydrogens is 387 g/mol. The fourth-order valence-electron chi connectivity index (χ4n) is 2.72. The van der Waals surface area contributed by atoms with Gasteiger partial charge in [0.1, 0.15) is 12.4 Å². The van der Waals surface area contributed by atoms with Gasteiger partial charge in [0.15, 0.2) is 11.5 Å². The van der Waals surface area contributed by atoms with Gasteiger partial charge in [-0.25, -0.2) is 4.39 Å². The Morgan fingerprint density at radius 1 is 0.900 bits per heavy atom. The zero-order chi connectivity index (χ0) is 21.3. The monoisotopic (exact) mass is 408 g/mol. The Morgan fingerprint density at radius 3 is 2.37 bits per heavy atom. The Kier molecular flexibility index (Phi) is 7.00. The Balaban J connectivity index is 1.57. The van der Waals surface area contributed by atoms with Gasteiger partial charge in [0.25, 0.3) is 5.91 Å². The summed E-state index contributed by atoms with van der Waals surface area (Å²) in [6.45, 7) is 0.356. The number of benzene rings is 3. The summed E-state index contributed by atoms with van der Waals surface area (Å²) < 4.78 is 24.7. The minimum absolute atomic E-state index is 0.192. The van der Waals surface area contributed by atoms with Crippen molar-refractivity contribution in [1.29, 1.82) is 0 Å². The summed E-state index contributed by atoms with van der Waals surface area (Å²) in [4.78, 5) is 24.3. The molecule has 0 bridgehead atoms. The molecule has 0 fully saturated rings. The van der Waals surface area contributed by atoms with Gasteiger partial charge in [0, 0.05) is 5.56 Å². The molecule has 3 rings (SSSR count). The highest BCUT2D eigenvalue weighted by atomic mass is 19.1. The first-order chi connectivity index (χ1) is 14.6. The Labute approximate surface area is 173 Å². The lowest BCUT2D eigenvalue weighted by Crippen LogP contribution is -2.42. The molecule has 2 amide bonds. The van der Waals surface area contributed by atoms with Crippen LogP contribution in [0.3, 0.4) is 0 Å². The average Bonchev–Trinajstić information content (AvgIpc) is 2.78. The zero-order valence-electron chi connectivity index (χ0n) is 16.4. The van der Waals surface area contributed by atoms with Crippen molar-refractivity contribution in [3.8, 4) is 11.5 Å². The van der Waals surface area contributed by atoms with Gasteiger partial charge in [-0.2, -0.15) is 0 Å². The maximum Gasteiger partial charge on any atom is 0.269 e. The lowest BCUT2D eigenvalue weighted by Gasteiger charge is -2.13. The van der Waals surface area contributed by atoms with E-state index in [-0.39, 0.29) is 17.5 Å². The molecule has 30 heavy (non-hydrogen) atoms. The smallest absolute Gasteiger partial charge is 0.269 e. The molecule has 0 aliphatic carbocycles. The van der Waals surface area contributed by atoms with Gasteiger partial charge < -0.3 is 9.47 Å². The quantitative estimate of drug-likeness (QED) is 0.588. The van der Waals surface area contributed by atoms with Crippen LogP contribution >= 0.6 is 0 Å². The second kappa shape index (κ2) is 10.1. The van der Waals surface area contributed by atoms with Crippen molar-refractivity contribution in [3.05, 3.63) is 95.3 Å². The second-order valence-corrected chi connectivity index (χ2v) is 6.41. The van der Waals surface area contributed by atoms with Gasteiger partial charge >= 0.3 is 0 Å². The number of hydrogen-bond donors (Lipinski definition) is 2. The number of rotatable bonds is 7. The van der Waals surface area contributed by atoms with E-state index >= 15 is 0 Å². The molecule has 2 N–H and O–H groups in total. The van der Waals surface area contributed by atoms with Crippen molar-refractivity contribution in [2.45, 2.75) is 13.0 Å². The average molecular weight is 408 g/mol. The molecule has 3 aromatic carbocycles. The molecule has 7 heteroatoms. The molecule has 6 nitrogen and oxygen atoms in total. The van der Waals surface area contributed by atoms with Crippen LogP contribution in [0.25, 0.3) is 0 Å². The lowest BCUT2D eigenvalue weighted by atomic mass is 10.1. The Morgan fingerprint density at radius 2 is 1.63 bits per heavy atom. The van der Waals surface area contributed by atoms with E-state index in [4.69, 9.17) is 9.47 Å². The third-order valence-electron chi connectivity index (χ3n) is 4.29. The number of ether oxygens (including phenoxy) is 2. The third-order valence-corrected chi connectivity index (χ3v) is 4.29. The van der Waals surface area contributed by atoms with Crippen LogP contribution in [0.15, 0.2) is 72.8 Å². The van der Waals surface area contributed by atoms with Crippen molar-refractivity contribution in [1.82, 2.24) is 10.9 Å². The van der Waals surface area contributed by atoms with Crippen LogP contribution in [0.4, 0.5) is 4.39 Å². The van der Waals surface area contributed by atoms with Gasteiger partial charge in [-0.1, -0.05) is 48.5 Å². The van der Waals surface area contributed by atoms with Gasteiger partial charge in [-0.15, -0.1) is 0 Å². The molecule has 0 radical (unpaired) electrons. The number of carbonyl (C=O) groups excluding carboxylic acids is 2. The summed E-state index contributed by atoms with van der Waals surface area (Å²) in [5, 5.41) is 0. The SMILES string of the molecule is COc1cc(C(=O)NNC(=O)Cc2ccccc2F)ccc1OCc1ccccc1. The molecule has 0 aliphatic rings. The summed E-state index contributed by atoms with van der Waals surface area (Å²) in [6.07, 6.45) is -0.192. The molecule has 3 aromatic rings. The van der Waals surface area contributed by atoms with Crippen molar-refractivity contribution in [2.75, 3.05) is 7.11 Å². The first-order valence-electron chi connectivity index (χ1n) is 9.24. The van der Waals surface area contributed by atoms with E-state index in [2.05, 4.69) is 10.9 Å². The van der Waals surface area contributed by atoms with Crippen LogP contribution in [0, 0.1) is 5.82 Å². The third kappa shape index (κ3) is 5.57. The first kappa shape index (κ1) is 20.9. The fraction of sp³-hybridized carbons (Fsp3) is 0.130. The molecule has 0 aromatic heterocycles. The van der Waals surface area contributed by atoms with Crippen LogP contribution < -0.4 is 20.3 Å². The highest BCUT2D eigenvalue weighted by Gasteiger charge is 2.13. The number of hydrogen-bond acceptors (Lipinski definition) is 4. The van der Waals surface area contributed by atoms with Crippen LogP contribution in [0.1, 0.15) is 21.5 Å². The summed E-state index contributed by atoms with van der Waals surface area (Å²) >= 11 is 0. The van der Waals surface area contributed by atoms with E-state index in [1.54, 1.807) is 24.3 Å². The van der Waals surface area contributed by atoms with Gasteiger partial charge in [0.2, 0.25) is 5.91 Å². The van der Waals surface area contributed by atoms with Gasteiger partial charge in [-0.05, 0) is 35.4 Å². The van der Waals surface area contributed by atoms with Crippen LogP contribution in [0.2, 0.25) is 0 Å². The fourth-order valence-corrected chi connectivity index (χ4v) is 2.72. The van der Waals surface area contributed by atoms with E-state index < -0.39 is 17.6 Å². The molecule has 0 heterocycles. The highest BCUT2D eigenvalue weighted by Crippen LogP contribution is 2.28. The van der Waals surface area contributed by atoms with Crippen molar-refractivity contribution < 1.29 is 23.5 Å². The van der Waals surface area contributed by atoms with E-state index in [0.717, 1.165) is 5.56 Å². The topological polar surface area (TPSA) is 76.7 Å². The van der Waals surface area contributed by atoms with Gasteiger partial charge in [0.05, 0.1) is 13.5 Å². The maximum atomic E-state index is 13.6. The van der Waals surface area contributed by atoms with Crippen molar-refractivity contribution >= 4 is 11.8 Å². The number of nitrogens with one attached hydrogen (secondary N) is 2. The summed E-state index contributed by atoms with van der Waals surface area (Å²) in [5.74, 6) is -0.680. The number of hydrazine groups is 1. The molecule has 0 aliphatic heterocycles. The minimum Gasteiger partial charge on any atom is -0.493 e. The molecule has 154 valence electrons. The second-order valence-electron chi connectivity index (χ2n) is 6.41. The minimum atomic E-state index is -0.539. The first-order valence-corrected chi connectivity index (χ1v) is 9.24. The molecule has 0 saturated carbocycles. The normalized spacial score (nSPS) is 10.2. The van der Waals surface area contributed by atoms with Crippen LogP contribution in [-0.4, -0.2) is 18.9 Å². The molecule has 0 saturated heterocycles. The molecular formula is C23H21FN2O4. The Hall–Kier alpha value is -3.87. The maximum absolute atomic E-state index is 13.6. The summed E-state index contributed by atoms with van der Waals surface area (Å²) in [6, 6.07) is 20.3. The summed E-state index contributed by atoms with van der Waals surface area (Å²) in [5.41, 5.74) is 6.10. The predicted octanol–water partition coefficient (Wildman–Crippen LogP) is 3.42. The number of carbonyl (C=O) groups is 2. The number of methoxy groups -OCH3 is 1. The molecule has 0 atom stereocenters.